The van der Waals surface area contributed by atoms with Gasteiger partial charge in [0, 0.05) is 6.07 Å². The van der Waals surface area contributed by atoms with E-state index in [1.54, 1.807) is 29.1 Å². The van der Waals surface area contributed by atoms with Crippen LogP contribution in [0.25, 0.3) is 0 Å². The average Bonchev–Trinajstić information content (AvgIpc) is 3.02. The molecule has 0 unspecified atom stereocenters. The van der Waals surface area contributed by atoms with Crippen molar-refractivity contribution in [3.8, 4) is 0 Å². The first-order valence-electron chi connectivity index (χ1n) is 8.28. The lowest BCUT2D eigenvalue weighted by atomic mass is 10.1. The third kappa shape index (κ3) is 4.53. The van der Waals surface area contributed by atoms with Gasteiger partial charge in [0.05, 0.1) is 19.2 Å². The Morgan fingerprint density at radius 3 is 2.56 bits per heavy atom. The van der Waals surface area contributed by atoms with E-state index in [-0.39, 0.29) is 18.1 Å². The zero-order chi connectivity index (χ0) is 17.6. The van der Waals surface area contributed by atoms with E-state index in [4.69, 9.17) is 0 Å². The van der Waals surface area contributed by atoms with Gasteiger partial charge in [0.1, 0.15) is 11.6 Å². The molecule has 0 fully saturated rings. The highest BCUT2D eigenvalue weighted by Crippen LogP contribution is 2.13. The normalized spacial score (nSPS) is 10.6. The molecule has 0 radical (unpaired) electrons. The van der Waals surface area contributed by atoms with Crippen LogP contribution >= 0.6 is 0 Å². The molecule has 1 amide bonds. The summed E-state index contributed by atoms with van der Waals surface area (Å²) >= 11 is 0. The molecule has 0 saturated carbocycles. The van der Waals surface area contributed by atoms with Crippen molar-refractivity contribution >= 4 is 11.7 Å². The summed E-state index contributed by atoms with van der Waals surface area (Å²) in [6, 6.07) is 16.1. The lowest BCUT2D eigenvalue weighted by Crippen LogP contribution is -2.18. The third-order valence-corrected chi connectivity index (χ3v) is 4.00. The first-order valence-corrected chi connectivity index (χ1v) is 8.28. The number of hydrogen-bond donors (Lipinski definition) is 1. The van der Waals surface area contributed by atoms with Gasteiger partial charge in [0.2, 0.25) is 5.91 Å². The van der Waals surface area contributed by atoms with Gasteiger partial charge in [-0.3, -0.25) is 4.79 Å². The summed E-state index contributed by atoms with van der Waals surface area (Å²) in [7, 11) is 0. The molecule has 0 aliphatic carbocycles. The van der Waals surface area contributed by atoms with E-state index in [1.165, 1.54) is 17.7 Å². The summed E-state index contributed by atoms with van der Waals surface area (Å²) < 4.78 is 15.0. The number of rotatable bonds is 6. The fourth-order valence-electron chi connectivity index (χ4n) is 2.64. The highest BCUT2D eigenvalue weighted by Gasteiger charge is 2.09. The van der Waals surface area contributed by atoms with E-state index in [0.29, 0.717) is 17.9 Å². The number of nitrogens with one attached hydrogen (secondary N) is 1. The predicted octanol–water partition coefficient (Wildman–Crippen LogP) is 3.81. The second-order valence-electron chi connectivity index (χ2n) is 5.90. The Morgan fingerprint density at radius 1 is 1.08 bits per heavy atom. The van der Waals surface area contributed by atoms with E-state index >= 15 is 0 Å². The number of anilines is 1. The lowest BCUT2D eigenvalue weighted by molar-refractivity contribution is -0.115. The minimum Gasteiger partial charge on any atom is -0.311 e. The molecule has 1 heterocycles. The predicted molar refractivity (Wildman–Crippen MR) is 95.9 cm³/mol. The van der Waals surface area contributed by atoms with Crippen molar-refractivity contribution < 1.29 is 9.18 Å². The molecule has 25 heavy (non-hydrogen) atoms. The van der Waals surface area contributed by atoms with Crippen molar-refractivity contribution in [1.82, 2.24) is 9.78 Å². The molecule has 0 aliphatic heterocycles. The Kier molecular flexibility index (Phi) is 5.23. The fourth-order valence-corrected chi connectivity index (χ4v) is 2.64. The largest absolute Gasteiger partial charge is 0.311 e. The van der Waals surface area contributed by atoms with Gasteiger partial charge in [-0.2, -0.15) is 5.10 Å². The maximum atomic E-state index is 13.2. The van der Waals surface area contributed by atoms with Crippen LogP contribution in [0.2, 0.25) is 0 Å². The maximum Gasteiger partial charge on any atom is 0.229 e. The Bertz CT molecular complexity index is 855. The maximum absolute atomic E-state index is 13.2. The van der Waals surface area contributed by atoms with Crippen molar-refractivity contribution in [2.75, 3.05) is 5.32 Å². The van der Waals surface area contributed by atoms with Crippen LogP contribution in [0, 0.1) is 5.82 Å². The minimum absolute atomic E-state index is 0.119. The van der Waals surface area contributed by atoms with Gasteiger partial charge in [0.15, 0.2) is 0 Å². The Balaban J connectivity index is 1.65. The van der Waals surface area contributed by atoms with Gasteiger partial charge in [-0.05, 0) is 35.2 Å². The van der Waals surface area contributed by atoms with Crippen molar-refractivity contribution in [3.63, 3.8) is 0 Å². The summed E-state index contributed by atoms with van der Waals surface area (Å²) in [5.41, 5.74) is 3.04. The number of carbonyl (C=O) groups excluding carboxylic acids is 1. The first-order chi connectivity index (χ1) is 12.1. The van der Waals surface area contributed by atoms with Crippen LogP contribution in [-0.4, -0.2) is 15.7 Å². The average molecular weight is 337 g/mol. The summed E-state index contributed by atoms with van der Waals surface area (Å²) in [4.78, 5) is 12.2. The fraction of sp³-hybridized carbons (Fsp3) is 0.200. The molecule has 0 saturated heterocycles. The van der Waals surface area contributed by atoms with Gasteiger partial charge in [-0.1, -0.05) is 43.3 Å². The molecule has 3 aromatic rings. The SMILES string of the molecule is CCc1ccc(Cn2nccc2NC(=O)Cc2cccc(F)c2)cc1. The molecule has 5 heteroatoms. The first kappa shape index (κ1) is 16.9. The molecule has 0 atom stereocenters. The van der Waals surface area contributed by atoms with Crippen molar-refractivity contribution in [1.29, 1.82) is 0 Å². The smallest absolute Gasteiger partial charge is 0.229 e. The second-order valence-corrected chi connectivity index (χ2v) is 5.90. The highest BCUT2D eigenvalue weighted by atomic mass is 19.1. The summed E-state index contributed by atoms with van der Waals surface area (Å²) in [6.45, 7) is 2.70. The van der Waals surface area contributed by atoms with Gasteiger partial charge >= 0.3 is 0 Å². The summed E-state index contributed by atoms with van der Waals surface area (Å²) in [6.07, 6.45) is 2.77. The second kappa shape index (κ2) is 7.75. The van der Waals surface area contributed by atoms with Crippen molar-refractivity contribution in [3.05, 3.63) is 83.3 Å². The standard InChI is InChI=1S/C20H20FN3O/c1-2-15-6-8-16(9-7-15)14-24-19(10-11-22-24)23-20(25)13-17-4-3-5-18(21)12-17/h3-12H,2,13-14H2,1H3,(H,23,25). The van der Waals surface area contributed by atoms with Gasteiger partial charge in [0.25, 0.3) is 0 Å². The van der Waals surface area contributed by atoms with Crippen LogP contribution in [0.15, 0.2) is 60.8 Å². The van der Waals surface area contributed by atoms with Crippen LogP contribution in [0.1, 0.15) is 23.6 Å². The van der Waals surface area contributed by atoms with Gasteiger partial charge in [-0.15, -0.1) is 0 Å². The van der Waals surface area contributed by atoms with E-state index in [0.717, 1.165) is 12.0 Å². The molecular formula is C20H20FN3O. The lowest BCUT2D eigenvalue weighted by Gasteiger charge is -2.10. The topological polar surface area (TPSA) is 46.9 Å². The van der Waals surface area contributed by atoms with E-state index in [2.05, 4.69) is 41.6 Å². The monoisotopic (exact) mass is 337 g/mol. The molecule has 2 aromatic carbocycles. The number of aryl methyl sites for hydroxylation is 1. The molecule has 0 bridgehead atoms. The Hall–Kier alpha value is -2.95. The number of aromatic nitrogens is 2. The third-order valence-electron chi connectivity index (χ3n) is 4.00. The Labute approximate surface area is 146 Å². The van der Waals surface area contributed by atoms with E-state index in [1.807, 2.05) is 0 Å². The molecule has 3 rings (SSSR count). The molecular weight excluding hydrogens is 317 g/mol. The van der Waals surface area contributed by atoms with Gasteiger partial charge < -0.3 is 5.32 Å². The van der Waals surface area contributed by atoms with Crippen molar-refractivity contribution in [2.45, 2.75) is 26.3 Å². The molecule has 128 valence electrons. The van der Waals surface area contributed by atoms with E-state index in [9.17, 15) is 9.18 Å². The summed E-state index contributed by atoms with van der Waals surface area (Å²) in [5, 5.41) is 7.11. The highest BCUT2D eigenvalue weighted by molar-refractivity contribution is 5.91. The van der Waals surface area contributed by atoms with Crippen LogP contribution < -0.4 is 5.32 Å². The molecule has 0 aliphatic rings. The number of halogens is 1. The number of amides is 1. The van der Waals surface area contributed by atoms with Crippen molar-refractivity contribution in [2.24, 2.45) is 0 Å². The molecule has 0 spiro atoms. The van der Waals surface area contributed by atoms with E-state index < -0.39 is 0 Å². The van der Waals surface area contributed by atoms with Crippen LogP contribution in [0.3, 0.4) is 0 Å². The van der Waals surface area contributed by atoms with Crippen LogP contribution in [-0.2, 0) is 24.2 Å². The summed E-state index contributed by atoms with van der Waals surface area (Å²) in [5.74, 6) is 0.0838. The quantitative estimate of drug-likeness (QED) is 0.743. The van der Waals surface area contributed by atoms with Crippen LogP contribution in [0.5, 0.6) is 0 Å². The zero-order valence-corrected chi connectivity index (χ0v) is 14.1. The van der Waals surface area contributed by atoms with Crippen LogP contribution in [0.4, 0.5) is 10.2 Å². The number of hydrogen-bond acceptors (Lipinski definition) is 2. The molecule has 4 nitrogen and oxygen atoms in total. The van der Waals surface area contributed by atoms with Gasteiger partial charge in [-0.25, -0.2) is 9.07 Å². The number of nitrogens with zero attached hydrogens (tertiary/aromatic N) is 2. The minimum atomic E-state index is -0.342. The number of carbonyl (C=O) groups is 1. The molecule has 1 N–H and O–H groups in total. The zero-order valence-electron chi connectivity index (χ0n) is 14.1. The number of benzene rings is 2. The molecule has 1 aromatic heterocycles. The Morgan fingerprint density at radius 2 is 1.84 bits per heavy atom.